The van der Waals surface area contributed by atoms with Gasteiger partial charge in [-0.3, -0.25) is 0 Å². The first-order valence-corrected chi connectivity index (χ1v) is 8.99. The Morgan fingerprint density at radius 1 is 1.29 bits per heavy atom. The van der Waals surface area contributed by atoms with Crippen LogP contribution in [0.1, 0.15) is 38.3 Å². The van der Waals surface area contributed by atoms with E-state index in [4.69, 9.17) is 0 Å². The van der Waals surface area contributed by atoms with Crippen LogP contribution in [0.4, 0.5) is 0 Å². The van der Waals surface area contributed by atoms with E-state index in [0.29, 0.717) is 23.9 Å². The molecule has 0 fully saturated rings. The minimum absolute atomic E-state index is 0.421. The zero-order valence-corrected chi connectivity index (χ0v) is 14.6. The number of nitrogens with one attached hydrogen (secondary N) is 1. The molecule has 0 aliphatic rings. The van der Waals surface area contributed by atoms with Gasteiger partial charge in [0, 0.05) is 20.1 Å². The van der Waals surface area contributed by atoms with E-state index in [1.54, 1.807) is 13.1 Å². The third kappa shape index (κ3) is 5.09. The van der Waals surface area contributed by atoms with Gasteiger partial charge in [0.2, 0.25) is 10.0 Å². The van der Waals surface area contributed by atoms with Gasteiger partial charge in [-0.05, 0) is 43.0 Å². The van der Waals surface area contributed by atoms with E-state index < -0.39 is 10.0 Å². The summed E-state index contributed by atoms with van der Waals surface area (Å²) in [7, 11) is -1.75. The molecule has 21 heavy (non-hydrogen) atoms. The average molecular weight is 312 g/mol. The Bertz CT molecular complexity index is 553. The van der Waals surface area contributed by atoms with Crippen molar-refractivity contribution in [2.24, 2.45) is 5.92 Å². The third-order valence-electron chi connectivity index (χ3n) is 3.54. The highest BCUT2D eigenvalue weighted by Crippen LogP contribution is 2.21. The molecule has 0 atom stereocenters. The second kappa shape index (κ2) is 7.92. The van der Waals surface area contributed by atoms with E-state index in [-0.39, 0.29) is 0 Å². The van der Waals surface area contributed by atoms with Crippen LogP contribution >= 0.6 is 0 Å². The van der Waals surface area contributed by atoms with Gasteiger partial charge in [0.15, 0.2) is 0 Å². The minimum atomic E-state index is -3.41. The fourth-order valence-corrected chi connectivity index (χ4v) is 3.49. The summed E-state index contributed by atoms with van der Waals surface area (Å²) in [5, 5.41) is 3.22. The topological polar surface area (TPSA) is 49.4 Å². The van der Waals surface area contributed by atoms with Gasteiger partial charge in [0.05, 0.1) is 4.90 Å². The first-order valence-electron chi connectivity index (χ1n) is 7.55. The van der Waals surface area contributed by atoms with Gasteiger partial charge in [-0.25, -0.2) is 12.7 Å². The molecule has 1 aromatic rings. The van der Waals surface area contributed by atoms with Crippen LogP contribution in [0.15, 0.2) is 23.1 Å². The minimum Gasteiger partial charge on any atom is -0.313 e. The summed E-state index contributed by atoms with van der Waals surface area (Å²) < 4.78 is 26.9. The third-order valence-corrected chi connectivity index (χ3v) is 5.54. The van der Waals surface area contributed by atoms with Crippen molar-refractivity contribution >= 4 is 10.0 Å². The number of nitrogens with zero attached hydrogens (tertiary/aromatic N) is 1. The van der Waals surface area contributed by atoms with Crippen LogP contribution in [0.3, 0.4) is 0 Å². The fourth-order valence-electron chi connectivity index (χ4n) is 2.03. The van der Waals surface area contributed by atoms with Crippen molar-refractivity contribution in [2.45, 2.75) is 45.6 Å². The number of hydrogen-bond acceptors (Lipinski definition) is 3. The summed E-state index contributed by atoms with van der Waals surface area (Å²) in [5.74, 6) is 0.490. The first kappa shape index (κ1) is 18.1. The highest BCUT2D eigenvalue weighted by atomic mass is 32.2. The molecule has 4 nitrogen and oxygen atoms in total. The van der Waals surface area contributed by atoms with Crippen LogP contribution in [0.5, 0.6) is 0 Å². The second-order valence-electron chi connectivity index (χ2n) is 5.89. The van der Waals surface area contributed by atoms with Crippen molar-refractivity contribution < 1.29 is 8.42 Å². The molecule has 0 radical (unpaired) electrons. The fraction of sp³-hybridized carbons (Fsp3) is 0.625. The number of hydrogen-bond donors (Lipinski definition) is 1. The van der Waals surface area contributed by atoms with Crippen LogP contribution in [0.25, 0.3) is 0 Å². The number of rotatable bonds is 8. The van der Waals surface area contributed by atoms with Gasteiger partial charge in [-0.1, -0.05) is 32.9 Å². The lowest BCUT2D eigenvalue weighted by atomic mass is 10.1. The van der Waals surface area contributed by atoms with Crippen molar-refractivity contribution in [3.05, 3.63) is 29.3 Å². The number of benzene rings is 1. The molecule has 120 valence electrons. The summed E-state index contributed by atoms with van der Waals surface area (Å²) in [6.07, 6.45) is 0.867. The molecule has 1 rings (SSSR count). The summed E-state index contributed by atoms with van der Waals surface area (Å²) >= 11 is 0. The molecule has 1 aromatic carbocycles. The van der Waals surface area contributed by atoms with Gasteiger partial charge in [-0.2, -0.15) is 0 Å². The Balaban J connectivity index is 3.00. The Morgan fingerprint density at radius 3 is 2.52 bits per heavy atom. The molecule has 0 aromatic heterocycles. The molecular weight excluding hydrogens is 284 g/mol. The molecule has 0 saturated carbocycles. The van der Waals surface area contributed by atoms with Crippen LogP contribution in [0.2, 0.25) is 0 Å². The predicted molar refractivity (Wildman–Crippen MR) is 87.8 cm³/mol. The molecule has 0 spiro atoms. The van der Waals surface area contributed by atoms with Gasteiger partial charge in [0.1, 0.15) is 0 Å². The van der Waals surface area contributed by atoms with Gasteiger partial charge in [0.25, 0.3) is 0 Å². The molecule has 0 aliphatic carbocycles. The van der Waals surface area contributed by atoms with E-state index in [1.165, 1.54) is 4.31 Å². The summed E-state index contributed by atoms with van der Waals surface area (Å²) in [4.78, 5) is 0.421. The maximum absolute atomic E-state index is 12.7. The molecule has 0 unspecified atom stereocenters. The second-order valence-corrected chi connectivity index (χ2v) is 7.90. The lowest BCUT2D eigenvalue weighted by Crippen LogP contribution is -2.29. The van der Waals surface area contributed by atoms with E-state index >= 15 is 0 Å². The van der Waals surface area contributed by atoms with Crippen LogP contribution in [0, 0.1) is 12.8 Å². The first-order chi connectivity index (χ1) is 9.78. The van der Waals surface area contributed by atoms with E-state index in [0.717, 1.165) is 24.1 Å². The smallest absolute Gasteiger partial charge is 0.243 e. The maximum atomic E-state index is 12.7. The van der Waals surface area contributed by atoms with Crippen molar-refractivity contribution in [1.82, 2.24) is 9.62 Å². The van der Waals surface area contributed by atoms with Gasteiger partial charge in [-0.15, -0.1) is 0 Å². The normalized spacial score (nSPS) is 12.3. The summed E-state index contributed by atoms with van der Waals surface area (Å²) in [5.41, 5.74) is 1.80. The standard InChI is InChI=1S/C16H28N2O2S/c1-6-17-12-15-8-7-14(4)16(11-15)21(19,20)18(5)10-9-13(2)3/h7-8,11,13,17H,6,9-10,12H2,1-5H3. The van der Waals surface area contributed by atoms with Crippen molar-refractivity contribution in [3.8, 4) is 0 Å². The molecule has 0 heterocycles. The van der Waals surface area contributed by atoms with Gasteiger partial charge >= 0.3 is 0 Å². The molecule has 5 heteroatoms. The van der Waals surface area contributed by atoms with E-state index in [9.17, 15) is 8.42 Å². The van der Waals surface area contributed by atoms with Gasteiger partial charge < -0.3 is 5.32 Å². The monoisotopic (exact) mass is 312 g/mol. The predicted octanol–water partition coefficient (Wildman–Crippen LogP) is 2.77. The lowest BCUT2D eigenvalue weighted by molar-refractivity contribution is 0.427. The van der Waals surface area contributed by atoms with Crippen molar-refractivity contribution in [1.29, 1.82) is 0 Å². The molecule has 1 N–H and O–H groups in total. The lowest BCUT2D eigenvalue weighted by Gasteiger charge is -2.20. The quantitative estimate of drug-likeness (QED) is 0.803. The SMILES string of the molecule is CCNCc1ccc(C)c(S(=O)(=O)N(C)CCC(C)C)c1. The van der Waals surface area contributed by atoms with Crippen LogP contribution < -0.4 is 5.32 Å². The molecule has 0 bridgehead atoms. The highest BCUT2D eigenvalue weighted by molar-refractivity contribution is 7.89. The van der Waals surface area contributed by atoms with E-state index in [2.05, 4.69) is 19.2 Å². The maximum Gasteiger partial charge on any atom is 0.243 e. The van der Waals surface area contributed by atoms with Crippen molar-refractivity contribution in [2.75, 3.05) is 20.1 Å². The highest BCUT2D eigenvalue weighted by Gasteiger charge is 2.23. The van der Waals surface area contributed by atoms with E-state index in [1.807, 2.05) is 26.0 Å². The Morgan fingerprint density at radius 2 is 1.95 bits per heavy atom. The molecule has 0 saturated heterocycles. The average Bonchev–Trinajstić information content (AvgIpc) is 2.43. The van der Waals surface area contributed by atoms with Crippen LogP contribution in [-0.4, -0.2) is 32.9 Å². The Kier molecular flexibility index (Phi) is 6.84. The summed E-state index contributed by atoms with van der Waals surface area (Å²) in [6, 6.07) is 5.65. The number of sulfonamides is 1. The Labute approximate surface area is 129 Å². The van der Waals surface area contributed by atoms with Crippen molar-refractivity contribution in [3.63, 3.8) is 0 Å². The zero-order chi connectivity index (χ0) is 16.0. The zero-order valence-electron chi connectivity index (χ0n) is 13.8. The Hall–Kier alpha value is -0.910. The molecule has 0 amide bonds. The molecule has 0 aliphatic heterocycles. The summed E-state index contributed by atoms with van der Waals surface area (Å²) in [6.45, 7) is 10.2. The number of aryl methyl sites for hydroxylation is 1. The van der Waals surface area contributed by atoms with Crippen LogP contribution in [-0.2, 0) is 16.6 Å². The molecular formula is C16H28N2O2S. The largest absolute Gasteiger partial charge is 0.313 e.